The van der Waals surface area contributed by atoms with Crippen molar-refractivity contribution in [2.75, 3.05) is 29.6 Å². The van der Waals surface area contributed by atoms with Gasteiger partial charge in [0, 0.05) is 36.6 Å². The normalized spacial score (nSPS) is 29.6. The summed E-state index contributed by atoms with van der Waals surface area (Å²) in [5.74, 6) is 4.06. The summed E-state index contributed by atoms with van der Waals surface area (Å²) in [5, 5.41) is 20.8. The molecule has 2 unspecified atom stereocenters. The van der Waals surface area contributed by atoms with E-state index in [9.17, 15) is 5.26 Å². The molecular formula is C25H30Cl2N6. The molecule has 4 aliphatic rings. The second kappa shape index (κ2) is 9.66. The van der Waals surface area contributed by atoms with E-state index in [-0.39, 0.29) is 0 Å². The van der Waals surface area contributed by atoms with Gasteiger partial charge in [-0.15, -0.1) is 11.6 Å². The molecule has 33 heavy (non-hydrogen) atoms. The molecule has 1 heterocycles. The van der Waals surface area contributed by atoms with Crippen LogP contribution in [0.5, 0.6) is 0 Å². The highest BCUT2D eigenvalue weighted by atomic mass is 35.5. The number of anilines is 2. The van der Waals surface area contributed by atoms with Gasteiger partial charge in [0.05, 0.1) is 6.20 Å². The lowest BCUT2D eigenvalue weighted by molar-refractivity contribution is -0.0688. The number of benzene rings is 1. The molecule has 5 atom stereocenters. The van der Waals surface area contributed by atoms with Crippen LogP contribution in [0.1, 0.15) is 43.2 Å². The zero-order chi connectivity index (χ0) is 22.8. The van der Waals surface area contributed by atoms with Gasteiger partial charge in [-0.05, 0) is 66.9 Å². The second-order valence-electron chi connectivity index (χ2n) is 10.0. The van der Waals surface area contributed by atoms with Crippen molar-refractivity contribution in [2.45, 2.75) is 44.7 Å². The van der Waals surface area contributed by atoms with Gasteiger partial charge in [0.25, 0.3) is 0 Å². The van der Waals surface area contributed by atoms with Gasteiger partial charge in [-0.3, -0.25) is 0 Å². The maximum Gasteiger partial charge on any atom is 0.224 e. The van der Waals surface area contributed by atoms with Crippen LogP contribution in [0.2, 0.25) is 5.02 Å². The van der Waals surface area contributed by atoms with Crippen molar-refractivity contribution < 1.29 is 0 Å². The molecule has 4 aliphatic carbocycles. The van der Waals surface area contributed by atoms with Crippen molar-refractivity contribution in [3.8, 4) is 6.07 Å². The lowest BCUT2D eigenvalue weighted by Gasteiger charge is -2.60. The van der Waals surface area contributed by atoms with Crippen LogP contribution in [0.25, 0.3) is 0 Å². The Hall–Kier alpha value is -2.07. The average molecular weight is 485 g/mol. The number of hydrogen-bond donors (Lipinski definition) is 3. The summed E-state index contributed by atoms with van der Waals surface area (Å²) in [6.45, 7) is 2.27. The van der Waals surface area contributed by atoms with Crippen LogP contribution >= 0.6 is 23.2 Å². The van der Waals surface area contributed by atoms with Gasteiger partial charge in [0.1, 0.15) is 17.5 Å². The first-order valence-corrected chi connectivity index (χ1v) is 12.8. The van der Waals surface area contributed by atoms with E-state index in [2.05, 4.69) is 32.0 Å². The number of nitriles is 1. The molecule has 0 radical (unpaired) electrons. The molecule has 0 saturated heterocycles. The second-order valence-corrected chi connectivity index (χ2v) is 10.8. The van der Waals surface area contributed by atoms with Crippen molar-refractivity contribution in [3.63, 3.8) is 0 Å². The predicted octanol–water partition coefficient (Wildman–Crippen LogP) is 5.05. The molecule has 3 N–H and O–H groups in total. The molecule has 4 fully saturated rings. The van der Waals surface area contributed by atoms with E-state index in [1.807, 2.05) is 24.3 Å². The third-order valence-electron chi connectivity index (χ3n) is 7.81. The third kappa shape index (κ3) is 4.77. The first kappa shape index (κ1) is 22.7. The minimum atomic E-state index is 0.290. The number of nitrogens with zero attached hydrogens (tertiary/aromatic N) is 3. The molecule has 2 aromatic rings. The molecule has 0 aliphatic heterocycles. The van der Waals surface area contributed by atoms with E-state index in [4.69, 9.17) is 23.2 Å². The quantitative estimate of drug-likeness (QED) is 0.431. The van der Waals surface area contributed by atoms with Crippen molar-refractivity contribution in [3.05, 3.63) is 46.6 Å². The maximum absolute atomic E-state index is 9.60. The largest absolute Gasteiger partial charge is 0.368 e. The molecule has 1 aromatic carbocycles. The Bertz CT molecular complexity index is 1020. The molecule has 1 aromatic heterocycles. The Labute approximate surface area is 205 Å². The minimum absolute atomic E-state index is 0.290. The van der Waals surface area contributed by atoms with Gasteiger partial charge < -0.3 is 16.0 Å². The fraction of sp³-hybridized carbons (Fsp3) is 0.560. The van der Waals surface area contributed by atoms with Crippen LogP contribution < -0.4 is 16.0 Å². The summed E-state index contributed by atoms with van der Waals surface area (Å²) < 4.78 is 0. The highest BCUT2D eigenvalue weighted by Gasteiger charge is 2.54. The molecule has 4 saturated carbocycles. The Balaban J connectivity index is 1.26. The number of nitrogens with one attached hydrogen (secondary N) is 3. The Morgan fingerprint density at radius 2 is 1.91 bits per heavy atom. The van der Waals surface area contributed by atoms with Crippen LogP contribution in [0.4, 0.5) is 11.8 Å². The fourth-order valence-electron chi connectivity index (χ4n) is 6.73. The number of hydrogen-bond acceptors (Lipinski definition) is 6. The van der Waals surface area contributed by atoms with Gasteiger partial charge in [-0.2, -0.15) is 10.2 Å². The highest BCUT2D eigenvalue weighted by molar-refractivity contribution is 6.31. The van der Waals surface area contributed by atoms with Crippen LogP contribution in [0.3, 0.4) is 0 Å². The molecule has 0 amide bonds. The average Bonchev–Trinajstić information content (AvgIpc) is 2.81. The summed E-state index contributed by atoms with van der Waals surface area (Å²) >= 11 is 12.2. The zero-order valence-electron chi connectivity index (χ0n) is 18.7. The number of alkyl halides is 1. The molecule has 174 valence electrons. The summed E-state index contributed by atoms with van der Waals surface area (Å²) in [6, 6.07) is 10.6. The first-order chi connectivity index (χ1) is 16.1. The van der Waals surface area contributed by atoms with E-state index < -0.39 is 0 Å². The molecule has 0 spiro atoms. The van der Waals surface area contributed by atoms with E-state index >= 15 is 0 Å². The molecular weight excluding hydrogens is 455 g/mol. The van der Waals surface area contributed by atoms with Crippen molar-refractivity contribution in [1.29, 1.82) is 5.26 Å². The van der Waals surface area contributed by atoms with Crippen molar-refractivity contribution >= 4 is 35.0 Å². The van der Waals surface area contributed by atoms with Gasteiger partial charge >= 0.3 is 0 Å². The summed E-state index contributed by atoms with van der Waals surface area (Å²) in [7, 11) is 0. The summed E-state index contributed by atoms with van der Waals surface area (Å²) in [6.07, 6.45) is 8.02. The Kier molecular flexibility index (Phi) is 6.65. The maximum atomic E-state index is 9.60. The van der Waals surface area contributed by atoms with Gasteiger partial charge in [0.15, 0.2) is 0 Å². The topological polar surface area (TPSA) is 85.7 Å². The molecule has 4 bridgehead atoms. The smallest absolute Gasteiger partial charge is 0.224 e. The number of halogens is 2. The van der Waals surface area contributed by atoms with Crippen LogP contribution in [0.15, 0.2) is 30.5 Å². The van der Waals surface area contributed by atoms with E-state index in [1.165, 1.54) is 32.1 Å². The van der Waals surface area contributed by atoms with Crippen LogP contribution in [0, 0.1) is 34.5 Å². The molecule has 8 heteroatoms. The Morgan fingerprint density at radius 1 is 1.12 bits per heavy atom. The van der Waals surface area contributed by atoms with Gasteiger partial charge in [0.2, 0.25) is 5.95 Å². The first-order valence-electron chi connectivity index (χ1n) is 11.9. The lowest BCUT2D eigenvalue weighted by Crippen LogP contribution is -2.59. The van der Waals surface area contributed by atoms with Crippen molar-refractivity contribution in [1.82, 2.24) is 15.3 Å². The van der Waals surface area contributed by atoms with Crippen molar-refractivity contribution in [2.24, 2.45) is 23.2 Å². The lowest BCUT2D eigenvalue weighted by atomic mass is 9.48. The summed E-state index contributed by atoms with van der Waals surface area (Å²) in [5.41, 5.74) is 1.75. The minimum Gasteiger partial charge on any atom is -0.368 e. The summed E-state index contributed by atoms with van der Waals surface area (Å²) in [4.78, 5) is 8.96. The predicted molar refractivity (Wildman–Crippen MR) is 133 cm³/mol. The standard InChI is InChI=1S/C25H30Cl2N6/c26-5-6-29-22-18-7-16-8-19(22)11-25(9-16,10-18)15-32-23-20(12-28)14-31-24(33-23)30-13-17-3-1-2-4-21(17)27/h1-4,14,16,18-19,22,29H,5-11,13,15H2,(H2,30,31,32,33)/t16?,18-,19+,22+,25?. The third-order valence-corrected chi connectivity index (χ3v) is 8.37. The fourth-order valence-corrected chi connectivity index (χ4v) is 7.05. The van der Waals surface area contributed by atoms with Crippen LogP contribution in [-0.2, 0) is 6.54 Å². The van der Waals surface area contributed by atoms with Crippen LogP contribution in [-0.4, -0.2) is 35.0 Å². The van der Waals surface area contributed by atoms with E-state index in [0.717, 1.165) is 36.4 Å². The SMILES string of the molecule is N#Cc1cnc(NCc2ccccc2Cl)nc1NCC12CC3C[C@H](C1)[C@H](NCCCl)[C@@H](C3)C2. The van der Waals surface area contributed by atoms with Gasteiger partial charge in [-0.1, -0.05) is 29.8 Å². The Morgan fingerprint density at radius 3 is 2.64 bits per heavy atom. The zero-order valence-corrected chi connectivity index (χ0v) is 20.2. The van der Waals surface area contributed by atoms with E-state index in [0.29, 0.717) is 46.2 Å². The van der Waals surface area contributed by atoms with E-state index in [1.54, 1.807) is 6.20 Å². The van der Waals surface area contributed by atoms with Gasteiger partial charge in [-0.25, -0.2) is 4.98 Å². The molecule has 6 rings (SSSR count). The number of rotatable bonds is 9. The number of aromatic nitrogens is 2. The monoisotopic (exact) mass is 484 g/mol. The highest BCUT2D eigenvalue weighted by Crippen LogP contribution is 2.60. The molecule has 6 nitrogen and oxygen atoms in total.